The minimum absolute atomic E-state index is 0.208. The average Bonchev–Trinajstić information content (AvgIpc) is 3.03. The molecular weight excluding hydrogens is 318 g/mol. The van der Waals surface area contributed by atoms with E-state index in [1.54, 1.807) is 30.5 Å². The quantitative estimate of drug-likeness (QED) is 0.792. The lowest BCUT2D eigenvalue weighted by atomic mass is 10.2. The van der Waals surface area contributed by atoms with E-state index in [2.05, 4.69) is 15.3 Å². The lowest BCUT2D eigenvalue weighted by Gasteiger charge is -2.04. The Morgan fingerprint density at radius 1 is 1.14 bits per heavy atom. The number of nitrogens with zero attached hydrogens (tertiary/aromatic N) is 2. The lowest BCUT2D eigenvalue weighted by molar-refractivity contribution is 0.0951. The Balaban J connectivity index is 1.67. The summed E-state index contributed by atoms with van der Waals surface area (Å²) in [6.45, 7) is 0.363. The molecule has 6 heteroatoms. The molecule has 0 atom stereocenters. The Kier molecular flexibility index (Phi) is 4.46. The number of halogens is 1. The molecule has 0 spiro atoms. The van der Waals surface area contributed by atoms with Gasteiger partial charge in [-0.25, -0.2) is 4.98 Å². The average molecular weight is 330 g/mol. The van der Waals surface area contributed by atoms with Gasteiger partial charge in [0.2, 0.25) is 0 Å². The van der Waals surface area contributed by atoms with Gasteiger partial charge in [-0.15, -0.1) is 11.3 Å². The van der Waals surface area contributed by atoms with Crippen molar-refractivity contribution in [3.8, 4) is 11.4 Å². The van der Waals surface area contributed by atoms with Crippen LogP contribution in [-0.4, -0.2) is 15.9 Å². The van der Waals surface area contributed by atoms with Crippen LogP contribution in [0.2, 0.25) is 5.02 Å². The fourth-order valence-corrected chi connectivity index (χ4v) is 2.87. The van der Waals surface area contributed by atoms with Crippen molar-refractivity contribution >= 4 is 28.8 Å². The zero-order valence-electron chi connectivity index (χ0n) is 11.5. The van der Waals surface area contributed by atoms with Gasteiger partial charge < -0.3 is 5.32 Å². The summed E-state index contributed by atoms with van der Waals surface area (Å²) in [5.74, 6) is -0.208. The van der Waals surface area contributed by atoms with Gasteiger partial charge >= 0.3 is 0 Å². The maximum Gasteiger partial charge on any atom is 0.253 e. The molecule has 1 N–H and O–H groups in total. The number of rotatable bonds is 4. The molecule has 2 heterocycles. The molecule has 110 valence electrons. The number of carbonyl (C=O) groups is 1. The molecule has 0 fully saturated rings. The van der Waals surface area contributed by atoms with Gasteiger partial charge in [-0.2, -0.15) is 0 Å². The van der Waals surface area contributed by atoms with Crippen molar-refractivity contribution in [3.63, 3.8) is 0 Å². The van der Waals surface area contributed by atoms with E-state index in [9.17, 15) is 4.79 Å². The molecule has 0 aliphatic rings. The van der Waals surface area contributed by atoms with Crippen LogP contribution >= 0.6 is 22.9 Å². The van der Waals surface area contributed by atoms with Gasteiger partial charge in [0.25, 0.3) is 5.91 Å². The number of hydrogen-bond acceptors (Lipinski definition) is 4. The molecule has 1 amide bonds. The number of aromatic nitrogens is 2. The smallest absolute Gasteiger partial charge is 0.253 e. The topological polar surface area (TPSA) is 54.9 Å². The summed E-state index contributed by atoms with van der Waals surface area (Å²) in [7, 11) is 0. The predicted molar refractivity (Wildman–Crippen MR) is 88.0 cm³/mol. The first-order chi connectivity index (χ1) is 10.7. The first-order valence-electron chi connectivity index (χ1n) is 6.62. The lowest BCUT2D eigenvalue weighted by Crippen LogP contribution is -2.22. The third-order valence-corrected chi connectivity index (χ3v) is 4.18. The summed E-state index contributed by atoms with van der Waals surface area (Å²) in [6.07, 6.45) is 1.73. The highest BCUT2D eigenvalue weighted by molar-refractivity contribution is 7.09. The number of hydrogen-bond donors (Lipinski definition) is 1. The van der Waals surface area contributed by atoms with Crippen molar-refractivity contribution in [1.29, 1.82) is 0 Å². The van der Waals surface area contributed by atoms with Gasteiger partial charge in [0.15, 0.2) is 0 Å². The van der Waals surface area contributed by atoms with Crippen LogP contribution in [0.15, 0.2) is 54.0 Å². The molecule has 1 aromatic carbocycles. The molecule has 0 aliphatic carbocycles. The summed E-state index contributed by atoms with van der Waals surface area (Å²) in [6, 6.07) is 12.6. The summed E-state index contributed by atoms with van der Waals surface area (Å²) in [5, 5.41) is 6.01. The van der Waals surface area contributed by atoms with Crippen LogP contribution in [0.5, 0.6) is 0 Å². The second-order valence-corrected chi connectivity index (χ2v) is 5.85. The molecule has 0 bridgehead atoms. The first-order valence-corrected chi connectivity index (χ1v) is 7.88. The van der Waals surface area contributed by atoms with E-state index in [1.807, 2.05) is 23.6 Å². The maximum absolute atomic E-state index is 12.1. The minimum Gasteiger partial charge on any atom is -0.345 e. The monoisotopic (exact) mass is 329 g/mol. The highest BCUT2D eigenvalue weighted by atomic mass is 35.5. The Morgan fingerprint density at radius 2 is 1.95 bits per heavy atom. The van der Waals surface area contributed by atoms with Gasteiger partial charge in [0.05, 0.1) is 28.5 Å². The van der Waals surface area contributed by atoms with E-state index in [-0.39, 0.29) is 5.91 Å². The van der Waals surface area contributed by atoms with Gasteiger partial charge in [0, 0.05) is 11.6 Å². The zero-order chi connectivity index (χ0) is 15.4. The number of thiazole rings is 1. The van der Waals surface area contributed by atoms with Crippen LogP contribution in [-0.2, 0) is 6.54 Å². The van der Waals surface area contributed by atoms with Gasteiger partial charge in [-0.05, 0) is 24.3 Å². The summed E-state index contributed by atoms with van der Waals surface area (Å²) in [4.78, 5) is 20.8. The molecular formula is C16H12ClN3OS. The Labute approximate surface area is 136 Å². The van der Waals surface area contributed by atoms with Crippen LogP contribution in [0.1, 0.15) is 15.4 Å². The van der Waals surface area contributed by atoms with Crippen LogP contribution in [0.25, 0.3) is 11.4 Å². The Morgan fingerprint density at radius 3 is 2.73 bits per heavy atom. The van der Waals surface area contributed by atoms with Crippen LogP contribution < -0.4 is 5.32 Å². The van der Waals surface area contributed by atoms with E-state index in [0.29, 0.717) is 17.1 Å². The molecule has 22 heavy (non-hydrogen) atoms. The van der Waals surface area contributed by atoms with Crippen LogP contribution in [0.4, 0.5) is 0 Å². The normalized spacial score (nSPS) is 10.4. The van der Waals surface area contributed by atoms with Crippen molar-refractivity contribution < 1.29 is 4.79 Å². The number of carbonyl (C=O) groups excluding carboxylic acids is 1. The van der Waals surface area contributed by atoms with Crippen LogP contribution in [0, 0.1) is 0 Å². The molecule has 3 aromatic rings. The van der Waals surface area contributed by atoms with E-state index in [1.165, 1.54) is 11.3 Å². The first kappa shape index (κ1) is 14.7. The minimum atomic E-state index is -0.208. The second kappa shape index (κ2) is 6.68. The predicted octanol–water partition coefficient (Wildman–Crippen LogP) is 3.79. The molecule has 0 radical (unpaired) electrons. The van der Waals surface area contributed by atoms with E-state index in [4.69, 9.17) is 11.6 Å². The van der Waals surface area contributed by atoms with Gasteiger partial charge in [-0.1, -0.05) is 29.8 Å². The maximum atomic E-state index is 12.1. The van der Waals surface area contributed by atoms with Crippen molar-refractivity contribution in [2.24, 2.45) is 0 Å². The van der Waals surface area contributed by atoms with Crippen molar-refractivity contribution in [2.75, 3.05) is 0 Å². The highest BCUT2D eigenvalue weighted by Gasteiger charge is 2.11. The van der Waals surface area contributed by atoms with Crippen molar-refractivity contribution in [3.05, 3.63) is 69.6 Å². The van der Waals surface area contributed by atoms with Gasteiger partial charge in [-0.3, -0.25) is 9.78 Å². The van der Waals surface area contributed by atoms with Crippen LogP contribution in [0.3, 0.4) is 0 Å². The second-order valence-electron chi connectivity index (χ2n) is 4.50. The van der Waals surface area contributed by atoms with Crippen molar-refractivity contribution in [1.82, 2.24) is 15.3 Å². The molecule has 4 nitrogen and oxygen atoms in total. The summed E-state index contributed by atoms with van der Waals surface area (Å²) < 4.78 is 0. The molecule has 0 saturated carbocycles. The van der Waals surface area contributed by atoms with E-state index < -0.39 is 0 Å². The Hall–Kier alpha value is -2.24. The number of pyridine rings is 1. The molecule has 0 saturated heterocycles. The molecule has 0 unspecified atom stereocenters. The standard InChI is InChI=1S/C16H12ClN3OS/c17-12-6-2-1-5-11(12)16(21)19-9-15-20-14(10-22-15)13-7-3-4-8-18-13/h1-8,10H,9H2,(H,19,21). The zero-order valence-corrected chi connectivity index (χ0v) is 13.1. The number of benzene rings is 1. The molecule has 0 aliphatic heterocycles. The fraction of sp³-hybridized carbons (Fsp3) is 0.0625. The largest absolute Gasteiger partial charge is 0.345 e. The summed E-state index contributed by atoms with van der Waals surface area (Å²) in [5.41, 5.74) is 2.10. The fourth-order valence-electron chi connectivity index (χ4n) is 1.92. The number of amides is 1. The van der Waals surface area contributed by atoms with Crippen molar-refractivity contribution in [2.45, 2.75) is 6.54 Å². The third-order valence-electron chi connectivity index (χ3n) is 3.00. The molecule has 3 rings (SSSR count). The van der Waals surface area contributed by atoms with E-state index in [0.717, 1.165) is 16.4 Å². The highest BCUT2D eigenvalue weighted by Crippen LogP contribution is 2.20. The van der Waals surface area contributed by atoms with E-state index >= 15 is 0 Å². The molecule has 2 aromatic heterocycles. The van der Waals surface area contributed by atoms with Gasteiger partial charge in [0.1, 0.15) is 5.01 Å². The Bertz CT molecular complexity index is 789. The summed E-state index contributed by atoms with van der Waals surface area (Å²) >= 11 is 7.49. The third kappa shape index (κ3) is 3.32. The SMILES string of the molecule is O=C(NCc1nc(-c2ccccn2)cs1)c1ccccc1Cl. The number of nitrogens with one attached hydrogen (secondary N) is 1.